The summed E-state index contributed by atoms with van der Waals surface area (Å²) in [5.74, 6) is 0.697. The molecule has 0 saturated carbocycles. The van der Waals surface area contributed by atoms with Gasteiger partial charge in [0.1, 0.15) is 18.5 Å². The lowest BCUT2D eigenvalue weighted by atomic mass is 10.2. The Morgan fingerprint density at radius 3 is 2.79 bits per heavy atom. The van der Waals surface area contributed by atoms with Gasteiger partial charge in [-0.3, -0.25) is 4.68 Å². The van der Waals surface area contributed by atoms with Gasteiger partial charge in [-0.15, -0.1) is 0 Å². The van der Waals surface area contributed by atoms with Gasteiger partial charge in [0.25, 0.3) is 0 Å². The van der Waals surface area contributed by atoms with Crippen LogP contribution >= 0.6 is 11.6 Å². The van der Waals surface area contributed by atoms with Gasteiger partial charge in [0.05, 0.1) is 28.1 Å². The van der Waals surface area contributed by atoms with Crippen LogP contribution in [0.15, 0.2) is 61.6 Å². The predicted octanol–water partition coefficient (Wildman–Crippen LogP) is 3.94. The van der Waals surface area contributed by atoms with Crippen molar-refractivity contribution in [1.29, 1.82) is 0 Å². The van der Waals surface area contributed by atoms with E-state index in [1.165, 1.54) is 6.33 Å². The maximum Gasteiger partial charge on any atom is 0.138 e. The van der Waals surface area contributed by atoms with E-state index in [2.05, 4.69) is 36.5 Å². The second-order valence-corrected chi connectivity index (χ2v) is 6.78. The van der Waals surface area contributed by atoms with Crippen molar-refractivity contribution < 1.29 is 0 Å². The number of benzene rings is 1. The molecule has 0 bridgehead atoms. The average molecular weight is 391 g/mol. The SMILES string of the molecule is Cn1cc(-c2cc3cnc(Nc4ccc(-n5cncn5)cc4Cl)cc3[nH]2)cn1. The second-order valence-electron chi connectivity index (χ2n) is 6.37. The molecule has 0 aliphatic heterocycles. The Balaban J connectivity index is 1.43. The number of H-pyrrole nitrogens is 1. The number of fused-ring (bicyclic) bond motifs is 1. The van der Waals surface area contributed by atoms with E-state index in [1.54, 1.807) is 15.7 Å². The number of aromatic amines is 1. The number of halogens is 1. The van der Waals surface area contributed by atoms with Crippen molar-refractivity contribution in [3.63, 3.8) is 0 Å². The smallest absolute Gasteiger partial charge is 0.138 e. The van der Waals surface area contributed by atoms with Crippen molar-refractivity contribution in [2.75, 3.05) is 5.32 Å². The van der Waals surface area contributed by atoms with E-state index in [-0.39, 0.29) is 0 Å². The predicted molar refractivity (Wildman–Crippen MR) is 108 cm³/mol. The first-order valence-corrected chi connectivity index (χ1v) is 8.93. The van der Waals surface area contributed by atoms with Crippen molar-refractivity contribution in [2.24, 2.45) is 7.05 Å². The Morgan fingerprint density at radius 1 is 1.11 bits per heavy atom. The minimum atomic E-state index is 0.567. The van der Waals surface area contributed by atoms with Crippen LogP contribution in [0.2, 0.25) is 5.02 Å². The van der Waals surface area contributed by atoms with Crippen LogP contribution in [0.3, 0.4) is 0 Å². The molecule has 0 amide bonds. The summed E-state index contributed by atoms with van der Waals surface area (Å²) in [7, 11) is 1.90. The molecule has 0 saturated heterocycles. The largest absolute Gasteiger partial charge is 0.354 e. The Bertz CT molecular complexity index is 1270. The van der Waals surface area contributed by atoms with Gasteiger partial charge < -0.3 is 10.3 Å². The Hall–Kier alpha value is -3.65. The fourth-order valence-corrected chi connectivity index (χ4v) is 3.26. The number of nitrogens with one attached hydrogen (secondary N) is 2. The van der Waals surface area contributed by atoms with Crippen LogP contribution in [0.5, 0.6) is 0 Å². The van der Waals surface area contributed by atoms with Crippen LogP contribution in [0.4, 0.5) is 11.5 Å². The van der Waals surface area contributed by atoms with Gasteiger partial charge in [-0.1, -0.05) is 11.6 Å². The number of aryl methyl sites for hydroxylation is 1. The average Bonchev–Trinajstić information content (AvgIpc) is 3.42. The molecule has 4 heterocycles. The van der Waals surface area contributed by atoms with E-state index in [9.17, 15) is 0 Å². The fourth-order valence-electron chi connectivity index (χ4n) is 3.04. The van der Waals surface area contributed by atoms with Crippen molar-refractivity contribution in [1.82, 2.24) is 34.5 Å². The molecule has 138 valence electrons. The Morgan fingerprint density at radius 2 is 2.04 bits per heavy atom. The van der Waals surface area contributed by atoms with Gasteiger partial charge in [0, 0.05) is 42.2 Å². The number of hydrogen-bond donors (Lipinski definition) is 2. The third-order valence-corrected chi connectivity index (χ3v) is 4.73. The van der Waals surface area contributed by atoms with Crippen LogP contribution in [-0.2, 0) is 7.05 Å². The lowest BCUT2D eigenvalue weighted by molar-refractivity contribution is 0.768. The fraction of sp³-hybridized carbons (Fsp3) is 0.0526. The standard InChI is InChI=1S/C19H15ClN8/c1-27-9-13(8-23-27)17-4-12-7-22-19(6-18(12)25-17)26-16-3-2-14(5-15(16)20)28-11-21-10-24-28/h2-11,25H,1H3,(H,22,26). The molecular formula is C19H15ClN8. The van der Waals surface area contributed by atoms with Crippen LogP contribution < -0.4 is 5.32 Å². The van der Waals surface area contributed by atoms with E-state index >= 15 is 0 Å². The molecule has 2 N–H and O–H groups in total. The van der Waals surface area contributed by atoms with Crippen LogP contribution in [0.1, 0.15) is 0 Å². The minimum Gasteiger partial charge on any atom is -0.354 e. The number of nitrogens with zero attached hydrogens (tertiary/aromatic N) is 6. The molecular weight excluding hydrogens is 376 g/mol. The molecule has 5 rings (SSSR count). The molecule has 0 aliphatic carbocycles. The van der Waals surface area contributed by atoms with Gasteiger partial charge in [0.15, 0.2) is 0 Å². The molecule has 9 heteroatoms. The van der Waals surface area contributed by atoms with Gasteiger partial charge in [-0.05, 0) is 24.3 Å². The normalized spacial score (nSPS) is 11.2. The lowest BCUT2D eigenvalue weighted by Gasteiger charge is -2.09. The van der Waals surface area contributed by atoms with Crippen LogP contribution in [0.25, 0.3) is 27.8 Å². The highest BCUT2D eigenvalue weighted by atomic mass is 35.5. The maximum absolute atomic E-state index is 6.43. The second kappa shape index (κ2) is 6.50. The Labute approximate surface area is 164 Å². The quantitative estimate of drug-likeness (QED) is 0.485. The van der Waals surface area contributed by atoms with E-state index in [4.69, 9.17) is 11.6 Å². The maximum atomic E-state index is 6.43. The molecule has 28 heavy (non-hydrogen) atoms. The molecule has 0 fully saturated rings. The van der Waals surface area contributed by atoms with Crippen molar-refractivity contribution >= 4 is 34.0 Å². The molecule has 0 radical (unpaired) electrons. The van der Waals surface area contributed by atoms with Gasteiger partial charge in [-0.2, -0.15) is 10.2 Å². The highest BCUT2D eigenvalue weighted by Gasteiger charge is 2.09. The summed E-state index contributed by atoms with van der Waals surface area (Å²) in [6, 6.07) is 9.64. The molecule has 0 aliphatic rings. The molecule has 0 unspecified atom stereocenters. The summed E-state index contributed by atoms with van der Waals surface area (Å²) in [6.07, 6.45) is 8.72. The zero-order valence-corrected chi connectivity index (χ0v) is 15.6. The Kier molecular flexibility index (Phi) is 3.84. The van der Waals surface area contributed by atoms with E-state index < -0.39 is 0 Å². The number of aromatic nitrogens is 7. The topological polar surface area (TPSA) is 89.2 Å². The summed E-state index contributed by atoms with van der Waals surface area (Å²) in [5.41, 5.74) is 4.60. The van der Waals surface area contributed by atoms with Crippen molar-refractivity contribution in [3.8, 4) is 16.9 Å². The number of hydrogen-bond acceptors (Lipinski definition) is 5. The van der Waals surface area contributed by atoms with E-state index in [1.807, 2.05) is 49.9 Å². The zero-order chi connectivity index (χ0) is 19.1. The third kappa shape index (κ3) is 2.99. The lowest BCUT2D eigenvalue weighted by Crippen LogP contribution is -1.97. The summed E-state index contributed by atoms with van der Waals surface area (Å²) < 4.78 is 3.43. The molecule has 0 spiro atoms. The van der Waals surface area contributed by atoms with E-state index in [0.29, 0.717) is 10.8 Å². The third-order valence-electron chi connectivity index (χ3n) is 4.42. The molecule has 4 aromatic heterocycles. The molecule has 5 aromatic rings. The first-order chi connectivity index (χ1) is 13.7. The van der Waals surface area contributed by atoms with Gasteiger partial charge in [0.2, 0.25) is 0 Å². The van der Waals surface area contributed by atoms with Crippen LogP contribution in [-0.4, -0.2) is 34.5 Å². The van der Waals surface area contributed by atoms with E-state index in [0.717, 1.165) is 33.5 Å². The number of rotatable bonds is 4. The van der Waals surface area contributed by atoms with Gasteiger partial charge >= 0.3 is 0 Å². The summed E-state index contributed by atoms with van der Waals surface area (Å²) in [4.78, 5) is 11.8. The number of pyridine rings is 1. The summed E-state index contributed by atoms with van der Waals surface area (Å²) >= 11 is 6.43. The van der Waals surface area contributed by atoms with Crippen molar-refractivity contribution in [2.45, 2.75) is 0 Å². The first kappa shape index (κ1) is 16.5. The van der Waals surface area contributed by atoms with Gasteiger partial charge in [-0.25, -0.2) is 14.6 Å². The highest BCUT2D eigenvalue weighted by Crippen LogP contribution is 2.29. The monoisotopic (exact) mass is 390 g/mol. The molecule has 8 nitrogen and oxygen atoms in total. The highest BCUT2D eigenvalue weighted by molar-refractivity contribution is 6.33. The number of anilines is 2. The van der Waals surface area contributed by atoms with Crippen LogP contribution in [0, 0.1) is 0 Å². The zero-order valence-electron chi connectivity index (χ0n) is 14.8. The minimum absolute atomic E-state index is 0.567. The first-order valence-electron chi connectivity index (χ1n) is 8.55. The summed E-state index contributed by atoms with van der Waals surface area (Å²) in [6.45, 7) is 0. The summed E-state index contributed by atoms with van der Waals surface area (Å²) in [5, 5.41) is 13.2. The molecule has 1 aromatic carbocycles. The van der Waals surface area contributed by atoms with Crippen molar-refractivity contribution in [3.05, 3.63) is 66.6 Å². The molecule has 0 atom stereocenters.